The average Bonchev–Trinajstić information content (AvgIpc) is 2.01. The van der Waals surface area contributed by atoms with Crippen LogP contribution in [0.4, 0.5) is 0 Å². The van der Waals surface area contributed by atoms with Gasteiger partial charge in [-0.25, -0.2) is 4.79 Å². The third kappa shape index (κ3) is 6.84. The molecule has 2 nitrogen and oxygen atoms in total. The van der Waals surface area contributed by atoms with Gasteiger partial charge in [-0.2, -0.15) is 0 Å². The summed E-state index contributed by atoms with van der Waals surface area (Å²) >= 11 is 0. The van der Waals surface area contributed by atoms with Gasteiger partial charge in [-0.15, -0.1) is 0 Å². The zero-order valence-corrected chi connectivity index (χ0v) is 7.04. The van der Waals surface area contributed by atoms with E-state index in [9.17, 15) is 4.79 Å². The highest BCUT2D eigenvalue weighted by Crippen LogP contribution is 1.85. The van der Waals surface area contributed by atoms with Gasteiger partial charge >= 0.3 is 5.97 Å². The fraction of sp³-hybridized carbons (Fsp3) is 0.444. The monoisotopic (exact) mass is 154 g/mol. The Morgan fingerprint density at radius 3 is 2.73 bits per heavy atom. The number of hydrogen-bond donors (Lipinski definition) is 0. The van der Waals surface area contributed by atoms with Crippen molar-refractivity contribution in [1.29, 1.82) is 0 Å². The Bertz CT molecular complexity index is 157. The topological polar surface area (TPSA) is 26.3 Å². The molecule has 0 aromatic rings. The quantitative estimate of drug-likeness (QED) is 0.352. The number of hydrogen-bond acceptors (Lipinski definition) is 2. The zero-order chi connectivity index (χ0) is 8.53. The van der Waals surface area contributed by atoms with Gasteiger partial charge in [-0.05, 0) is 13.3 Å². The van der Waals surface area contributed by atoms with E-state index in [0.717, 1.165) is 6.42 Å². The lowest BCUT2D eigenvalue weighted by atomic mass is 10.4. The van der Waals surface area contributed by atoms with Crippen molar-refractivity contribution in [2.45, 2.75) is 20.3 Å². The number of rotatable bonds is 4. The van der Waals surface area contributed by atoms with Gasteiger partial charge in [0.1, 0.15) is 0 Å². The van der Waals surface area contributed by atoms with Crippen LogP contribution in [-0.4, -0.2) is 12.6 Å². The summed E-state index contributed by atoms with van der Waals surface area (Å²) in [5, 5.41) is 0. The summed E-state index contributed by atoms with van der Waals surface area (Å²) in [6.45, 7) is 4.35. The van der Waals surface area contributed by atoms with Crippen molar-refractivity contribution in [2.24, 2.45) is 0 Å². The van der Waals surface area contributed by atoms with Crippen LogP contribution in [0.15, 0.2) is 24.3 Å². The number of carbonyl (C=O) groups excluding carboxylic acids is 1. The highest BCUT2D eigenvalue weighted by atomic mass is 16.5. The van der Waals surface area contributed by atoms with Crippen LogP contribution < -0.4 is 0 Å². The van der Waals surface area contributed by atoms with Crippen molar-refractivity contribution in [3.05, 3.63) is 24.3 Å². The first-order valence-electron chi connectivity index (χ1n) is 3.77. The van der Waals surface area contributed by atoms with Crippen molar-refractivity contribution < 1.29 is 9.53 Å². The molecule has 0 amide bonds. The van der Waals surface area contributed by atoms with Crippen molar-refractivity contribution in [1.82, 2.24) is 0 Å². The maximum Gasteiger partial charge on any atom is 0.330 e. The first kappa shape index (κ1) is 9.95. The molecule has 0 aliphatic heterocycles. The molecule has 0 aliphatic carbocycles. The second-order valence-electron chi connectivity index (χ2n) is 2.05. The Kier molecular flexibility index (Phi) is 6.39. The Hall–Kier alpha value is -1.05. The SMILES string of the molecule is C/C=C\C=C/C(=O)OCCC. The molecule has 0 atom stereocenters. The van der Waals surface area contributed by atoms with Gasteiger partial charge in [-0.1, -0.05) is 25.2 Å². The summed E-state index contributed by atoms with van der Waals surface area (Å²) in [7, 11) is 0. The van der Waals surface area contributed by atoms with Gasteiger partial charge in [0.05, 0.1) is 6.61 Å². The third-order valence-corrected chi connectivity index (χ3v) is 0.984. The van der Waals surface area contributed by atoms with Crippen molar-refractivity contribution in [3.63, 3.8) is 0 Å². The highest BCUT2D eigenvalue weighted by molar-refractivity contribution is 5.82. The molecule has 0 saturated heterocycles. The lowest BCUT2D eigenvalue weighted by molar-refractivity contribution is -0.137. The molecule has 11 heavy (non-hydrogen) atoms. The lowest BCUT2D eigenvalue weighted by Gasteiger charge is -1.95. The van der Waals surface area contributed by atoms with Gasteiger partial charge < -0.3 is 4.74 Å². The van der Waals surface area contributed by atoms with Crippen molar-refractivity contribution in [2.75, 3.05) is 6.61 Å². The number of ether oxygens (including phenoxy) is 1. The molecule has 62 valence electrons. The van der Waals surface area contributed by atoms with Crippen LogP contribution in [0.25, 0.3) is 0 Å². The minimum absolute atomic E-state index is 0.273. The predicted octanol–water partition coefficient (Wildman–Crippen LogP) is 2.07. The molecule has 0 N–H and O–H groups in total. The molecule has 0 bridgehead atoms. The maximum atomic E-state index is 10.7. The Balaban J connectivity index is 3.51. The highest BCUT2D eigenvalue weighted by Gasteiger charge is 1.91. The molecular formula is C9H14O2. The summed E-state index contributed by atoms with van der Waals surface area (Å²) in [5.41, 5.74) is 0. The smallest absolute Gasteiger partial charge is 0.330 e. The molecule has 2 heteroatoms. The van der Waals surface area contributed by atoms with E-state index in [1.807, 2.05) is 19.9 Å². The fourth-order valence-electron chi connectivity index (χ4n) is 0.496. The van der Waals surface area contributed by atoms with Crippen LogP contribution in [0.3, 0.4) is 0 Å². The lowest BCUT2D eigenvalue weighted by Crippen LogP contribution is -2.00. The normalized spacial score (nSPS) is 11.1. The maximum absolute atomic E-state index is 10.7. The van der Waals surface area contributed by atoms with Crippen molar-refractivity contribution in [3.8, 4) is 0 Å². The van der Waals surface area contributed by atoms with E-state index in [1.165, 1.54) is 6.08 Å². The fourth-order valence-corrected chi connectivity index (χ4v) is 0.496. The number of allylic oxidation sites excluding steroid dienone is 3. The van der Waals surface area contributed by atoms with Gasteiger partial charge in [0.15, 0.2) is 0 Å². The van der Waals surface area contributed by atoms with E-state index in [-0.39, 0.29) is 5.97 Å². The Morgan fingerprint density at radius 1 is 1.45 bits per heavy atom. The second kappa shape index (κ2) is 7.06. The third-order valence-electron chi connectivity index (χ3n) is 0.984. The van der Waals surface area contributed by atoms with E-state index >= 15 is 0 Å². The Morgan fingerprint density at radius 2 is 2.18 bits per heavy atom. The minimum atomic E-state index is -0.273. The largest absolute Gasteiger partial charge is 0.463 e. The molecule has 0 unspecified atom stereocenters. The van der Waals surface area contributed by atoms with Gasteiger partial charge in [0.2, 0.25) is 0 Å². The van der Waals surface area contributed by atoms with Crippen LogP contribution in [0.5, 0.6) is 0 Å². The van der Waals surface area contributed by atoms with Gasteiger partial charge in [0, 0.05) is 6.08 Å². The summed E-state index contributed by atoms with van der Waals surface area (Å²) < 4.78 is 4.78. The van der Waals surface area contributed by atoms with Crippen LogP contribution in [0, 0.1) is 0 Å². The van der Waals surface area contributed by atoms with E-state index in [4.69, 9.17) is 4.74 Å². The predicted molar refractivity (Wildman–Crippen MR) is 45.2 cm³/mol. The minimum Gasteiger partial charge on any atom is -0.463 e. The zero-order valence-electron chi connectivity index (χ0n) is 7.04. The van der Waals surface area contributed by atoms with E-state index in [2.05, 4.69) is 0 Å². The van der Waals surface area contributed by atoms with Crippen LogP contribution >= 0.6 is 0 Å². The summed E-state index contributed by atoms with van der Waals surface area (Å²) in [4.78, 5) is 10.7. The van der Waals surface area contributed by atoms with Crippen molar-refractivity contribution >= 4 is 5.97 Å². The van der Waals surface area contributed by atoms with E-state index in [0.29, 0.717) is 6.61 Å². The second-order valence-corrected chi connectivity index (χ2v) is 2.05. The van der Waals surface area contributed by atoms with Crippen LogP contribution in [0.2, 0.25) is 0 Å². The average molecular weight is 154 g/mol. The van der Waals surface area contributed by atoms with Crippen LogP contribution in [0.1, 0.15) is 20.3 Å². The summed E-state index contributed by atoms with van der Waals surface area (Å²) in [6, 6.07) is 0. The number of esters is 1. The summed E-state index contributed by atoms with van der Waals surface area (Å²) in [6.07, 6.45) is 7.58. The van der Waals surface area contributed by atoms with E-state index in [1.54, 1.807) is 12.2 Å². The molecule has 0 aromatic carbocycles. The molecule has 0 saturated carbocycles. The first-order valence-corrected chi connectivity index (χ1v) is 3.77. The molecule has 0 radical (unpaired) electrons. The molecule has 0 aromatic heterocycles. The Labute approximate surface area is 67.6 Å². The molecule has 0 spiro atoms. The number of carbonyl (C=O) groups is 1. The summed E-state index contributed by atoms with van der Waals surface area (Å²) in [5.74, 6) is -0.273. The molecule has 0 fully saturated rings. The van der Waals surface area contributed by atoms with Crippen LogP contribution in [-0.2, 0) is 9.53 Å². The van der Waals surface area contributed by atoms with E-state index < -0.39 is 0 Å². The molecule has 0 heterocycles. The first-order chi connectivity index (χ1) is 5.31. The standard InChI is InChI=1S/C9H14O2/c1-3-5-6-7-9(10)11-8-4-2/h3,5-7H,4,8H2,1-2H3/b5-3-,7-6-. The molecule has 0 aliphatic rings. The van der Waals surface area contributed by atoms with Gasteiger partial charge in [0.25, 0.3) is 0 Å². The molecular weight excluding hydrogens is 140 g/mol. The molecule has 0 rings (SSSR count). The van der Waals surface area contributed by atoms with Gasteiger partial charge in [-0.3, -0.25) is 0 Å².